The Hall–Kier alpha value is -3.13. The van der Waals surface area contributed by atoms with Gasteiger partial charge in [0.05, 0.1) is 23.2 Å². The maximum absolute atomic E-state index is 13.1. The first kappa shape index (κ1) is 21.6. The van der Waals surface area contributed by atoms with E-state index in [1.165, 1.54) is 6.07 Å². The largest absolute Gasteiger partial charge is 0.456 e. The van der Waals surface area contributed by atoms with Crippen molar-refractivity contribution in [3.63, 3.8) is 0 Å². The van der Waals surface area contributed by atoms with Crippen molar-refractivity contribution >= 4 is 40.1 Å². The number of nitrogens with zero attached hydrogens (tertiary/aromatic N) is 1. The van der Waals surface area contributed by atoms with Gasteiger partial charge in [0, 0.05) is 22.5 Å². The summed E-state index contributed by atoms with van der Waals surface area (Å²) < 4.78 is 44.0. The Morgan fingerprint density at radius 2 is 1.83 bits per heavy atom. The van der Waals surface area contributed by atoms with Crippen molar-refractivity contribution in [2.24, 2.45) is 0 Å². The SMILES string of the molecule is O=C(COC(=O)CCc1ccc2ccccc2n1)Nc1ccc(Cl)cc1C(F)(F)F. The first-order valence-electron chi connectivity index (χ1n) is 8.89. The number of benzene rings is 2. The fourth-order valence-corrected chi connectivity index (χ4v) is 2.91. The van der Waals surface area contributed by atoms with E-state index in [1.54, 1.807) is 6.07 Å². The van der Waals surface area contributed by atoms with E-state index in [4.69, 9.17) is 16.3 Å². The molecule has 0 aliphatic rings. The zero-order valence-electron chi connectivity index (χ0n) is 15.5. The number of pyridine rings is 1. The maximum atomic E-state index is 13.1. The van der Waals surface area contributed by atoms with E-state index in [0.29, 0.717) is 18.2 Å². The topological polar surface area (TPSA) is 68.3 Å². The second kappa shape index (κ2) is 9.13. The predicted octanol–water partition coefficient (Wildman–Crippen LogP) is 5.02. The molecule has 0 bridgehead atoms. The number of amides is 1. The number of ether oxygens (including phenoxy) is 1. The molecule has 30 heavy (non-hydrogen) atoms. The molecule has 1 heterocycles. The lowest BCUT2D eigenvalue weighted by molar-refractivity contribution is -0.147. The van der Waals surface area contributed by atoms with Gasteiger partial charge in [-0.15, -0.1) is 0 Å². The Labute approximate surface area is 174 Å². The van der Waals surface area contributed by atoms with Gasteiger partial charge >= 0.3 is 12.1 Å². The summed E-state index contributed by atoms with van der Waals surface area (Å²) in [4.78, 5) is 28.2. The van der Waals surface area contributed by atoms with Gasteiger partial charge in [0.1, 0.15) is 0 Å². The zero-order valence-corrected chi connectivity index (χ0v) is 16.3. The van der Waals surface area contributed by atoms with Crippen LogP contribution in [-0.2, 0) is 26.9 Å². The quantitative estimate of drug-likeness (QED) is 0.551. The van der Waals surface area contributed by atoms with Gasteiger partial charge in [0.15, 0.2) is 6.61 Å². The Bertz CT molecular complexity index is 1090. The molecular formula is C21H16ClF3N2O3. The molecule has 0 saturated carbocycles. The number of aryl methyl sites for hydroxylation is 1. The normalized spacial score (nSPS) is 11.3. The van der Waals surface area contributed by atoms with Crippen molar-refractivity contribution in [1.82, 2.24) is 4.98 Å². The highest BCUT2D eigenvalue weighted by molar-refractivity contribution is 6.30. The minimum Gasteiger partial charge on any atom is -0.456 e. The molecule has 5 nitrogen and oxygen atoms in total. The Balaban J connectivity index is 1.51. The van der Waals surface area contributed by atoms with Gasteiger partial charge in [0.25, 0.3) is 5.91 Å². The van der Waals surface area contributed by atoms with E-state index in [1.807, 2.05) is 30.3 Å². The summed E-state index contributed by atoms with van der Waals surface area (Å²) in [5, 5.41) is 2.94. The number of halogens is 4. The molecular weight excluding hydrogens is 421 g/mol. The average molecular weight is 437 g/mol. The maximum Gasteiger partial charge on any atom is 0.418 e. The van der Waals surface area contributed by atoms with E-state index < -0.39 is 35.9 Å². The van der Waals surface area contributed by atoms with Gasteiger partial charge in [-0.25, -0.2) is 0 Å². The summed E-state index contributed by atoms with van der Waals surface area (Å²) in [6.45, 7) is -0.704. The number of hydrogen-bond donors (Lipinski definition) is 1. The molecule has 9 heteroatoms. The zero-order chi connectivity index (χ0) is 21.7. The molecule has 3 aromatic rings. The van der Waals surface area contributed by atoms with Crippen LogP contribution in [-0.4, -0.2) is 23.5 Å². The smallest absolute Gasteiger partial charge is 0.418 e. The molecule has 0 fully saturated rings. The van der Waals surface area contributed by atoms with Crippen molar-refractivity contribution in [3.8, 4) is 0 Å². The molecule has 0 radical (unpaired) electrons. The first-order chi connectivity index (χ1) is 14.2. The monoisotopic (exact) mass is 436 g/mol. The molecule has 1 aromatic heterocycles. The Morgan fingerprint density at radius 3 is 2.60 bits per heavy atom. The molecule has 0 saturated heterocycles. The molecule has 0 atom stereocenters. The first-order valence-corrected chi connectivity index (χ1v) is 9.27. The number of rotatable bonds is 6. The predicted molar refractivity (Wildman–Crippen MR) is 106 cm³/mol. The summed E-state index contributed by atoms with van der Waals surface area (Å²) in [6.07, 6.45) is -4.41. The number of esters is 1. The fraction of sp³-hybridized carbons (Fsp3) is 0.190. The molecule has 2 aromatic carbocycles. The van der Waals surface area contributed by atoms with Gasteiger partial charge < -0.3 is 10.1 Å². The average Bonchev–Trinajstić information content (AvgIpc) is 2.71. The number of carbonyl (C=O) groups is 2. The van der Waals surface area contributed by atoms with Crippen molar-refractivity contribution in [2.45, 2.75) is 19.0 Å². The number of aromatic nitrogens is 1. The van der Waals surface area contributed by atoms with Gasteiger partial charge in [-0.05, 0) is 30.3 Å². The second-order valence-corrected chi connectivity index (χ2v) is 6.83. The lowest BCUT2D eigenvalue weighted by atomic mass is 10.1. The number of nitrogens with one attached hydrogen (secondary N) is 1. The summed E-state index contributed by atoms with van der Waals surface area (Å²) >= 11 is 5.59. The second-order valence-electron chi connectivity index (χ2n) is 6.39. The highest BCUT2D eigenvalue weighted by atomic mass is 35.5. The summed E-state index contributed by atoms with van der Waals surface area (Å²) in [6, 6.07) is 14.2. The van der Waals surface area contributed by atoms with Crippen LogP contribution in [0.3, 0.4) is 0 Å². The van der Waals surface area contributed by atoms with Gasteiger partial charge in [-0.1, -0.05) is 35.9 Å². The van der Waals surface area contributed by atoms with E-state index in [-0.39, 0.29) is 11.4 Å². The van der Waals surface area contributed by atoms with Crippen LogP contribution >= 0.6 is 11.6 Å². The lowest BCUT2D eigenvalue weighted by Crippen LogP contribution is -2.23. The van der Waals surface area contributed by atoms with Crippen LogP contribution in [0.4, 0.5) is 18.9 Å². The van der Waals surface area contributed by atoms with E-state index in [2.05, 4.69) is 10.3 Å². The summed E-state index contributed by atoms with van der Waals surface area (Å²) in [5.41, 5.74) is -0.0670. The van der Waals surface area contributed by atoms with Gasteiger partial charge in [-0.3, -0.25) is 14.6 Å². The highest BCUT2D eigenvalue weighted by Gasteiger charge is 2.34. The molecule has 0 aliphatic heterocycles. The molecule has 0 aliphatic carbocycles. The Kier molecular flexibility index (Phi) is 6.56. The van der Waals surface area contributed by atoms with E-state index in [0.717, 1.165) is 17.0 Å². The number of para-hydroxylation sites is 1. The minimum atomic E-state index is -4.70. The molecule has 1 N–H and O–H groups in total. The van der Waals surface area contributed by atoms with Crippen molar-refractivity contribution < 1.29 is 27.5 Å². The molecule has 0 unspecified atom stereocenters. The van der Waals surface area contributed by atoms with Crippen molar-refractivity contribution in [2.75, 3.05) is 11.9 Å². The molecule has 1 amide bonds. The van der Waals surface area contributed by atoms with Crippen LogP contribution < -0.4 is 5.32 Å². The number of alkyl halides is 3. The highest BCUT2D eigenvalue weighted by Crippen LogP contribution is 2.36. The number of carbonyl (C=O) groups excluding carboxylic acids is 2. The summed E-state index contributed by atoms with van der Waals surface area (Å²) in [7, 11) is 0. The molecule has 0 spiro atoms. The van der Waals surface area contributed by atoms with Crippen LogP contribution in [0.25, 0.3) is 10.9 Å². The van der Waals surface area contributed by atoms with E-state index >= 15 is 0 Å². The lowest BCUT2D eigenvalue weighted by Gasteiger charge is -2.14. The Morgan fingerprint density at radius 1 is 1.07 bits per heavy atom. The minimum absolute atomic E-state index is 0.0205. The van der Waals surface area contributed by atoms with Crippen molar-refractivity contribution in [1.29, 1.82) is 0 Å². The van der Waals surface area contributed by atoms with Gasteiger partial charge in [0.2, 0.25) is 0 Å². The standard InChI is InChI=1S/C21H16ClF3N2O3/c22-14-6-9-18(16(11-14)21(23,24)25)27-19(28)12-30-20(29)10-8-15-7-5-13-3-1-2-4-17(13)26-15/h1-7,9,11H,8,10,12H2,(H,27,28). The third-order valence-electron chi connectivity index (χ3n) is 4.17. The van der Waals surface area contributed by atoms with Crippen LogP contribution in [0.2, 0.25) is 5.02 Å². The molecule has 3 rings (SSSR count). The number of hydrogen-bond acceptors (Lipinski definition) is 4. The number of anilines is 1. The van der Waals surface area contributed by atoms with Crippen LogP contribution in [0.5, 0.6) is 0 Å². The molecule has 156 valence electrons. The van der Waals surface area contributed by atoms with Crippen molar-refractivity contribution in [3.05, 3.63) is 70.9 Å². The van der Waals surface area contributed by atoms with Crippen LogP contribution in [0.15, 0.2) is 54.6 Å². The van der Waals surface area contributed by atoms with Crippen LogP contribution in [0, 0.1) is 0 Å². The van der Waals surface area contributed by atoms with Crippen LogP contribution in [0.1, 0.15) is 17.7 Å². The van der Waals surface area contributed by atoms with E-state index in [9.17, 15) is 22.8 Å². The fourth-order valence-electron chi connectivity index (χ4n) is 2.74. The third kappa shape index (κ3) is 5.70. The van der Waals surface area contributed by atoms with Gasteiger partial charge in [-0.2, -0.15) is 13.2 Å². The number of fused-ring (bicyclic) bond motifs is 1. The third-order valence-corrected chi connectivity index (χ3v) is 4.40. The summed E-state index contributed by atoms with van der Waals surface area (Å²) in [5.74, 6) is -1.55.